The number of nitrogens with two attached hydrogens (primary N) is 1. The fourth-order valence-corrected chi connectivity index (χ4v) is 4.38. The Labute approximate surface area is 171 Å². The van der Waals surface area contributed by atoms with Crippen LogP contribution in [-0.2, 0) is 16.6 Å². The maximum atomic E-state index is 11.4. The molecule has 0 unspecified atom stereocenters. The molecule has 0 aliphatic carbocycles. The quantitative estimate of drug-likeness (QED) is 0.309. The van der Waals surface area contributed by atoms with Crippen molar-refractivity contribution >= 4 is 33.0 Å². The van der Waals surface area contributed by atoms with Gasteiger partial charge in [0.25, 0.3) is 0 Å². The molecular formula is C19H29N5O2S2. The highest BCUT2D eigenvalue weighted by atomic mass is 32.2. The van der Waals surface area contributed by atoms with Gasteiger partial charge in [-0.3, -0.25) is 0 Å². The molecule has 0 saturated heterocycles. The monoisotopic (exact) mass is 423 g/mol. The Hall–Kier alpha value is -2.10. The minimum Gasteiger partial charge on any atom is -0.372 e. The number of para-hydroxylation sites is 1. The van der Waals surface area contributed by atoms with Gasteiger partial charge in [0.1, 0.15) is 4.21 Å². The molecule has 2 rings (SSSR count). The summed E-state index contributed by atoms with van der Waals surface area (Å²) < 4.78 is 22.9. The van der Waals surface area contributed by atoms with Gasteiger partial charge in [0, 0.05) is 36.7 Å². The van der Waals surface area contributed by atoms with Gasteiger partial charge in [0.15, 0.2) is 5.96 Å². The van der Waals surface area contributed by atoms with Crippen molar-refractivity contribution in [3.8, 4) is 0 Å². The van der Waals surface area contributed by atoms with Crippen LogP contribution in [0.3, 0.4) is 0 Å². The van der Waals surface area contributed by atoms with Crippen molar-refractivity contribution in [2.45, 2.75) is 31.0 Å². The van der Waals surface area contributed by atoms with Crippen LogP contribution in [0.1, 0.15) is 25.1 Å². The second kappa shape index (κ2) is 11.0. The molecule has 0 atom stereocenters. The molecule has 0 aliphatic heterocycles. The van der Waals surface area contributed by atoms with Gasteiger partial charge in [-0.2, -0.15) is 0 Å². The smallest absolute Gasteiger partial charge is 0.247 e. The third-order valence-electron chi connectivity index (χ3n) is 4.05. The van der Waals surface area contributed by atoms with Crippen molar-refractivity contribution in [2.24, 2.45) is 10.1 Å². The third kappa shape index (κ3) is 7.14. The summed E-state index contributed by atoms with van der Waals surface area (Å²) in [5.74, 6) is 0.718. The van der Waals surface area contributed by atoms with Crippen molar-refractivity contribution in [1.82, 2.24) is 10.6 Å². The number of hydrogen-bond donors (Lipinski definition) is 3. The highest BCUT2D eigenvalue weighted by Gasteiger charge is 2.11. The summed E-state index contributed by atoms with van der Waals surface area (Å²) in [7, 11) is -3.65. The van der Waals surface area contributed by atoms with Gasteiger partial charge >= 0.3 is 0 Å². The van der Waals surface area contributed by atoms with Crippen molar-refractivity contribution in [2.75, 3.05) is 31.1 Å². The van der Waals surface area contributed by atoms with Crippen molar-refractivity contribution in [3.63, 3.8) is 0 Å². The Kier molecular flexibility index (Phi) is 8.75. The average Bonchev–Trinajstić information content (AvgIpc) is 3.16. The van der Waals surface area contributed by atoms with Crippen LogP contribution in [0.2, 0.25) is 0 Å². The SMILES string of the molecule is CCNC(=NCc1ccc(S(N)(=O)=O)s1)NCCCN(CC)c1ccccc1. The zero-order valence-corrected chi connectivity index (χ0v) is 18.0. The van der Waals surface area contributed by atoms with E-state index in [0.29, 0.717) is 6.54 Å². The maximum Gasteiger partial charge on any atom is 0.247 e. The number of nitrogens with zero attached hydrogens (tertiary/aromatic N) is 2. The molecule has 0 fully saturated rings. The Morgan fingerprint density at radius 2 is 1.89 bits per heavy atom. The van der Waals surface area contributed by atoms with Crippen LogP contribution in [0.15, 0.2) is 51.7 Å². The highest BCUT2D eigenvalue weighted by Crippen LogP contribution is 2.20. The molecule has 9 heteroatoms. The number of thiophene rings is 1. The van der Waals surface area contributed by atoms with E-state index in [0.717, 1.165) is 54.8 Å². The molecule has 0 amide bonds. The third-order valence-corrected chi connectivity index (χ3v) is 6.56. The largest absolute Gasteiger partial charge is 0.372 e. The minimum atomic E-state index is -3.65. The van der Waals surface area contributed by atoms with E-state index in [1.54, 1.807) is 6.07 Å². The number of guanidine groups is 1. The maximum absolute atomic E-state index is 11.4. The van der Waals surface area contributed by atoms with E-state index in [-0.39, 0.29) is 4.21 Å². The summed E-state index contributed by atoms with van der Waals surface area (Å²) in [5, 5.41) is 11.7. The standard InChI is InChI=1S/C19H29N5O2S2/c1-3-21-19(23-15-17-11-12-18(27-17)28(20,25)26)22-13-8-14-24(4-2)16-9-6-5-7-10-16/h5-7,9-12H,3-4,8,13-15H2,1-2H3,(H2,20,25,26)(H2,21,22,23). The fourth-order valence-electron chi connectivity index (χ4n) is 2.68. The highest BCUT2D eigenvalue weighted by molar-refractivity contribution is 7.91. The first kappa shape index (κ1) is 22.2. The summed E-state index contributed by atoms with van der Waals surface area (Å²) >= 11 is 1.15. The van der Waals surface area contributed by atoms with Crippen LogP contribution in [0.25, 0.3) is 0 Å². The summed E-state index contributed by atoms with van der Waals surface area (Å²) in [6.07, 6.45) is 0.974. The zero-order valence-electron chi connectivity index (χ0n) is 16.4. The van der Waals surface area contributed by atoms with Gasteiger partial charge in [-0.25, -0.2) is 18.5 Å². The summed E-state index contributed by atoms with van der Waals surface area (Å²) in [6, 6.07) is 13.6. The van der Waals surface area contributed by atoms with E-state index in [2.05, 4.69) is 51.7 Å². The van der Waals surface area contributed by atoms with Crippen LogP contribution in [0, 0.1) is 0 Å². The topological polar surface area (TPSA) is 99.8 Å². The lowest BCUT2D eigenvalue weighted by Crippen LogP contribution is -2.38. The fraction of sp³-hybridized carbons (Fsp3) is 0.421. The first-order valence-corrected chi connectivity index (χ1v) is 11.7. The number of hydrogen-bond acceptors (Lipinski definition) is 5. The van der Waals surface area contributed by atoms with E-state index in [4.69, 9.17) is 5.14 Å². The van der Waals surface area contributed by atoms with Gasteiger partial charge in [-0.05, 0) is 44.5 Å². The Bertz CT molecular complexity index is 850. The first-order chi connectivity index (χ1) is 13.4. The molecule has 0 spiro atoms. The molecule has 0 radical (unpaired) electrons. The number of rotatable bonds is 10. The number of anilines is 1. The molecule has 0 aliphatic rings. The minimum absolute atomic E-state index is 0.163. The van der Waals surface area contributed by atoms with Crippen LogP contribution < -0.4 is 20.7 Å². The van der Waals surface area contributed by atoms with E-state index in [9.17, 15) is 8.42 Å². The van der Waals surface area contributed by atoms with E-state index >= 15 is 0 Å². The lowest BCUT2D eigenvalue weighted by atomic mass is 10.2. The Balaban J connectivity index is 1.85. The van der Waals surface area contributed by atoms with Gasteiger partial charge in [0.2, 0.25) is 10.0 Å². The van der Waals surface area contributed by atoms with Crippen LogP contribution in [0.4, 0.5) is 5.69 Å². The second-order valence-electron chi connectivity index (χ2n) is 6.16. The molecule has 0 bridgehead atoms. The number of nitrogens with one attached hydrogen (secondary N) is 2. The van der Waals surface area contributed by atoms with Gasteiger partial charge in [0.05, 0.1) is 6.54 Å². The lowest BCUT2D eigenvalue weighted by molar-refractivity contribution is 0.600. The average molecular weight is 424 g/mol. The molecule has 7 nitrogen and oxygen atoms in total. The van der Waals surface area contributed by atoms with Crippen LogP contribution >= 0.6 is 11.3 Å². The molecule has 1 aromatic heterocycles. The number of aliphatic imine (C=N–C) groups is 1. The summed E-state index contributed by atoms with van der Waals surface area (Å²) in [5.41, 5.74) is 1.23. The van der Waals surface area contributed by atoms with E-state index in [1.807, 2.05) is 13.0 Å². The van der Waals surface area contributed by atoms with Crippen molar-refractivity contribution in [1.29, 1.82) is 0 Å². The molecule has 1 heterocycles. The molecule has 2 aromatic rings. The normalized spacial score (nSPS) is 12.0. The van der Waals surface area contributed by atoms with Gasteiger partial charge in [-0.1, -0.05) is 18.2 Å². The lowest BCUT2D eigenvalue weighted by Gasteiger charge is -2.23. The van der Waals surface area contributed by atoms with Gasteiger partial charge in [-0.15, -0.1) is 11.3 Å². The Morgan fingerprint density at radius 3 is 2.50 bits per heavy atom. The summed E-state index contributed by atoms with van der Waals surface area (Å²) in [6.45, 7) is 8.03. The molecule has 28 heavy (non-hydrogen) atoms. The number of benzene rings is 1. The van der Waals surface area contributed by atoms with Crippen molar-refractivity contribution in [3.05, 3.63) is 47.3 Å². The van der Waals surface area contributed by atoms with Crippen LogP contribution in [-0.4, -0.2) is 40.6 Å². The number of sulfonamides is 1. The molecule has 4 N–H and O–H groups in total. The summed E-state index contributed by atoms with van der Waals surface area (Å²) in [4.78, 5) is 7.72. The predicted molar refractivity (Wildman–Crippen MR) is 117 cm³/mol. The van der Waals surface area contributed by atoms with Crippen LogP contribution in [0.5, 0.6) is 0 Å². The Morgan fingerprint density at radius 1 is 1.14 bits per heavy atom. The predicted octanol–water partition coefficient (Wildman–Crippen LogP) is 2.37. The number of primary sulfonamides is 1. The van der Waals surface area contributed by atoms with E-state index in [1.165, 1.54) is 11.8 Å². The van der Waals surface area contributed by atoms with E-state index < -0.39 is 10.0 Å². The van der Waals surface area contributed by atoms with Gasteiger partial charge < -0.3 is 15.5 Å². The second-order valence-corrected chi connectivity index (χ2v) is 9.11. The molecule has 0 saturated carbocycles. The molecule has 154 valence electrons. The molecular weight excluding hydrogens is 394 g/mol. The molecule has 1 aromatic carbocycles. The van der Waals surface area contributed by atoms with Crippen molar-refractivity contribution < 1.29 is 8.42 Å². The first-order valence-electron chi connectivity index (χ1n) is 9.37. The zero-order chi connectivity index (χ0) is 20.4.